The molecule has 6 nitrogen and oxygen atoms in total. The molecule has 6 heteroatoms. The fourth-order valence-corrected chi connectivity index (χ4v) is 1.34. The van der Waals surface area contributed by atoms with Gasteiger partial charge in [0.05, 0.1) is 19.1 Å². The van der Waals surface area contributed by atoms with Crippen molar-refractivity contribution in [2.75, 3.05) is 18.5 Å². The Morgan fingerprint density at radius 2 is 1.90 bits per heavy atom. The highest BCUT2D eigenvalue weighted by molar-refractivity contribution is 5.91. The van der Waals surface area contributed by atoms with Crippen LogP contribution < -0.4 is 15.8 Å². The zero-order chi connectivity index (χ0) is 15.0. The number of nitrogens with one attached hydrogen (secondary N) is 1. The van der Waals surface area contributed by atoms with Crippen LogP contribution in [-0.4, -0.2) is 31.1 Å². The molecule has 0 fully saturated rings. The van der Waals surface area contributed by atoms with Gasteiger partial charge in [-0.15, -0.1) is 0 Å². The van der Waals surface area contributed by atoms with E-state index in [0.29, 0.717) is 11.4 Å². The van der Waals surface area contributed by atoms with Crippen molar-refractivity contribution in [3.8, 4) is 5.75 Å². The number of carbonyl (C=O) groups is 2. The normalized spacial score (nSPS) is 10.3. The van der Waals surface area contributed by atoms with Crippen molar-refractivity contribution < 1.29 is 19.1 Å². The molecule has 1 aromatic rings. The number of hydrogen-bond donors (Lipinski definition) is 2. The van der Waals surface area contributed by atoms with Crippen molar-refractivity contribution in [2.45, 2.75) is 26.4 Å². The summed E-state index contributed by atoms with van der Waals surface area (Å²) in [6.45, 7) is 3.99. The van der Waals surface area contributed by atoms with Crippen molar-refractivity contribution in [3.63, 3.8) is 0 Å². The molecule has 0 aliphatic carbocycles. The van der Waals surface area contributed by atoms with E-state index in [0.717, 1.165) is 0 Å². The molecule has 0 aliphatic heterocycles. The molecule has 110 valence electrons. The van der Waals surface area contributed by atoms with Crippen molar-refractivity contribution in [1.82, 2.24) is 0 Å². The summed E-state index contributed by atoms with van der Waals surface area (Å²) >= 11 is 0. The van der Waals surface area contributed by atoms with E-state index in [-0.39, 0.29) is 31.6 Å². The van der Waals surface area contributed by atoms with Gasteiger partial charge in [0, 0.05) is 5.69 Å². The lowest BCUT2D eigenvalue weighted by Crippen LogP contribution is -2.20. The smallest absolute Gasteiger partial charge is 0.250 e. The van der Waals surface area contributed by atoms with Crippen LogP contribution in [0, 0.1) is 0 Å². The highest BCUT2D eigenvalue weighted by Gasteiger charge is 2.04. The predicted octanol–water partition coefficient (Wildman–Crippen LogP) is 1.30. The van der Waals surface area contributed by atoms with Gasteiger partial charge in [0.1, 0.15) is 12.4 Å². The fourth-order valence-electron chi connectivity index (χ4n) is 1.34. The first-order valence-electron chi connectivity index (χ1n) is 6.40. The zero-order valence-corrected chi connectivity index (χ0v) is 11.7. The van der Waals surface area contributed by atoms with Crippen molar-refractivity contribution >= 4 is 17.5 Å². The maximum Gasteiger partial charge on any atom is 0.250 e. The lowest BCUT2D eigenvalue weighted by Gasteiger charge is -2.09. The van der Waals surface area contributed by atoms with Gasteiger partial charge in [0.2, 0.25) is 11.8 Å². The summed E-state index contributed by atoms with van der Waals surface area (Å²) in [7, 11) is 0. The molecule has 1 rings (SSSR count). The molecule has 0 saturated heterocycles. The molecule has 0 aliphatic rings. The minimum Gasteiger partial charge on any atom is -0.493 e. The van der Waals surface area contributed by atoms with Crippen LogP contribution in [0.25, 0.3) is 0 Å². The molecule has 0 radical (unpaired) electrons. The molecule has 1 aromatic carbocycles. The van der Waals surface area contributed by atoms with Gasteiger partial charge < -0.3 is 20.5 Å². The molecule has 20 heavy (non-hydrogen) atoms. The van der Waals surface area contributed by atoms with E-state index in [1.54, 1.807) is 24.3 Å². The summed E-state index contributed by atoms with van der Waals surface area (Å²) < 4.78 is 10.5. The molecule has 0 atom stereocenters. The Labute approximate surface area is 118 Å². The van der Waals surface area contributed by atoms with E-state index in [1.165, 1.54) is 0 Å². The minimum absolute atomic E-state index is 0.0155. The first kappa shape index (κ1) is 16.0. The third-order valence-electron chi connectivity index (χ3n) is 2.30. The van der Waals surface area contributed by atoms with Gasteiger partial charge in [-0.25, -0.2) is 0 Å². The van der Waals surface area contributed by atoms with E-state index in [9.17, 15) is 9.59 Å². The number of rotatable bonds is 8. The molecule has 0 spiro atoms. The summed E-state index contributed by atoms with van der Waals surface area (Å²) in [4.78, 5) is 22.1. The average molecular weight is 280 g/mol. The number of benzene rings is 1. The van der Waals surface area contributed by atoms with Gasteiger partial charge >= 0.3 is 0 Å². The van der Waals surface area contributed by atoms with Crippen molar-refractivity contribution in [3.05, 3.63) is 24.3 Å². The second kappa shape index (κ2) is 8.16. The zero-order valence-electron chi connectivity index (χ0n) is 11.7. The Hall–Kier alpha value is -2.08. The molecule has 0 heterocycles. The molecule has 0 saturated carbocycles. The van der Waals surface area contributed by atoms with Crippen LogP contribution in [0.4, 0.5) is 5.69 Å². The van der Waals surface area contributed by atoms with E-state index < -0.39 is 5.91 Å². The number of amides is 2. The largest absolute Gasteiger partial charge is 0.493 e. The summed E-state index contributed by atoms with van der Waals surface area (Å²) in [6.07, 6.45) is 0.187. The first-order valence-corrected chi connectivity index (χ1v) is 6.40. The lowest BCUT2D eigenvalue weighted by molar-refractivity contribution is -0.122. The molecule has 0 bridgehead atoms. The van der Waals surface area contributed by atoms with E-state index >= 15 is 0 Å². The third-order valence-corrected chi connectivity index (χ3v) is 2.30. The molecular weight excluding hydrogens is 260 g/mol. The van der Waals surface area contributed by atoms with Crippen molar-refractivity contribution in [1.29, 1.82) is 0 Å². The van der Waals surface area contributed by atoms with Gasteiger partial charge in [-0.2, -0.15) is 0 Å². The number of anilines is 1. The van der Waals surface area contributed by atoms with Crippen LogP contribution in [0.1, 0.15) is 20.3 Å². The van der Waals surface area contributed by atoms with Gasteiger partial charge in [-0.3, -0.25) is 9.59 Å². The monoisotopic (exact) mass is 280 g/mol. The summed E-state index contributed by atoms with van der Waals surface area (Å²) in [6, 6.07) is 6.85. The van der Waals surface area contributed by atoms with Crippen molar-refractivity contribution in [2.24, 2.45) is 5.73 Å². The lowest BCUT2D eigenvalue weighted by atomic mass is 10.3. The second-order valence-corrected chi connectivity index (χ2v) is 4.50. The molecule has 2 amide bonds. The molecular formula is C14H20N2O4. The van der Waals surface area contributed by atoms with Gasteiger partial charge in [0.25, 0.3) is 0 Å². The summed E-state index contributed by atoms with van der Waals surface area (Å²) in [5.41, 5.74) is 5.66. The number of primary amides is 1. The SMILES string of the molecule is CC(C)OCC(=O)Nc1ccc(OCCC(N)=O)cc1. The number of hydrogen-bond acceptors (Lipinski definition) is 4. The van der Waals surface area contributed by atoms with E-state index in [2.05, 4.69) is 5.32 Å². The quantitative estimate of drug-likeness (QED) is 0.751. The molecule has 3 N–H and O–H groups in total. The topological polar surface area (TPSA) is 90.7 Å². The Morgan fingerprint density at radius 3 is 2.45 bits per heavy atom. The third kappa shape index (κ3) is 6.75. The van der Waals surface area contributed by atoms with Gasteiger partial charge in [-0.05, 0) is 38.1 Å². The highest BCUT2D eigenvalue weighted by Crippen LogP contribution is 2.15. The summed E-state index contributed by atoms with van der Waals surface area (Å²) in [5, 5.41) is 2.71. The van der Waals surface area contributed by atoms with Crippen LogP contribution in [0.5, 0.6) is 5.75 Å². The van der Waals surface area contributed by atoms with Gasteiger partial charge in [0.15, 0.2) is 0 Å². The predicted molar refractivity (Wildman–Crippen MR) is 75.5 cm³/mol. The van der Waals surface area contributed by atoms with E-state index in [4.69, 9.17) is 15.2 Å². The average Bonchev–Trinajstić information content (AvgIpc) is 2.38. The Kier molecular flexibility index (Phi) is 6.52. The fraction of sp³-hybridized carbons (Fsp3) is 0.429. The molecule has 0 aromatic heterocycles. The Morgan fingerprint density at radius 1 is 1.25 bits per heavy atom. The van der Waals surface area contributed by atoms with Crippen LogP contribution in [0.15, 0.2) is 24.3 Å². The standard InChI is InChI=1S/C14H20N2O4/c1-10(2)20-9-14(18)16-11-3-5-12(6-4-11)19-8-7-13(15)17/h3-6,10H,7-9H2,1-2H3,(H2,15,17)(H,16,18). The maximum atomic E-state index is 11.5. The maximum absolute atomic E-state index is 11.5. The van der Waals surface area contributed by atoms with E-state index in [1.807, 2.05) is 13.8 Å². The Balaban J connectivity index is 2.38. The highest BCUT2D eigenvalue weighted by atomic mass is 16.5. The second-order valence-electron chi connectivity index (χ2n) is 4.50. The Bertz CT molecular complexity index is 443. The van der Waals surface area contributed by atoms with Crippen LogP contribution in [0.3, 0.4) is 0 Å². The number of carbonyl (C=O) groups excluding carboxylic acids is 2. The molecule has 0 unspecified atom stereocenters. The van der Waals surface area contributed by atoms with Gasteiger partial charge in [-0.1, -0.05) is 0 Å². The summed E-state index contributed by atoms with van der Waals surface area (Å²) in [5.74, 6) is 0.00260. The number of ether oxygens (including phenoxy) is 2. The van der Waals surface area contributed by atoms with Crippen LogP contribution >= 0.6 is 0 Å². The van der Waals surface area contributed by atoms with Crippen LogP contribution in [-0.2, 0) is 14.3 Å². The number of nitrogens with two attached hydrogens (primary N) is 1. The minimum atomic E-state index is -0.404. The first-order chi connectivity index (χ1) is 9.47. The van der Waals surface area contributed by atoms with Crippen LogP contribution in [0.2, 0.25) is 0 Å².